The van der Waals surface area contributed by atoms with Crippen LogP contribution < -0.4 is 5.32 Å². The first-order valence-corrected chi connectivity index (χ1v) is 7.14. The van der Waals surface area contributed by atoms with E-state index in [0.29, 0.717) is 19.4 Å². The number of hydrogen-bond donors (Lipinski definition) is 2. The lowest BCUT2D eigenvalue weighted by molar-refractivity contribution is -0.120. The molecule has 0 spiro atoms. The van der Waals surface area contributed by atoms with Crippen LogP contribution in [-0.4, -0.2) is 22.4 Å². The highest BCUT2D eigenvalue weighted by Crippen LogP contribution is 2.12. The molecule has 0 aliphatic rings. The lowest BCUT2D eigenvalue weighted by atomic mass is 10.1. The van der Waals surface area contributed by atoms with Gasteiger partial charge >= 0.3 is 0 Å². The van der Waals surface area contributed by atoms with E-state index in [2.05, 4.69) is 15.3 Å². The van der Waals surface area contributed by atoms with Crippen LogP contribution in [0.1, 0.15) is 11.1 Å². The predicted octanol–water partition coefficient (Wildman–Crippen LogP) is 2.60. The van der Waals surface area contributed by atoms with Crippen molar-refractivity contribution in [2.24, 2.45) is 0 Å². The molecular weight excluding hydrogens is 281 g/mol. The fourth-order valence-corrected chi connectivity index (χ4v) is 2.34. The first kappa shape index (κ1) is 14.3. The third-order valence-electron chi connectivity index (χ3n) is 3.50. The van der Waals surface area contributed by atoms with Crippen LogP contribution in [0.15, 0.2) is 48.8 Å². The monoisotopic (exact) mass is 297 g/mol. The number of aromatic amines is 1. The molecule has 0 fully saturated rings. The highest BCUT2D eigenvalue weighted by atomic mass is 19.1. The van der Waals surface area contributed by atoms with E-state index in [4.69, 9.17) is 0 Å². The van der Waals surface area contributed by atoms with Gasteiger partial charge in [0.05, 0.1) is 23.8 Å². The summed E-state index contributed by atoms with van der Waals surface area (Å²) in [7, 11) is 0. The van der Waals surface area contributed by atoms with E-state index in [-0.39, 0.29) is 11.7 Å². The highest BCUT2D eigenvalue weighted by Gasteiger charge is 2.05. The van der Waals surface area contributed by atoms with Crippen LogP contribution in [0.3, 0.4) is 0 Å². The van der Waals surface area contributed by atoms with E-state index < -0.39 is 0 Å². The molecule has 1 amide bonds. The largest absolute Gasteiger partial charge is 0.355 e. The van der Waals surface area contributed by atoms with Gasteiger partial charge in [0, 0.05) is 6.54 Å². The van der Waals surface area contributed by atoms with Gasteiger partial charge in [-0.1, -0.05) is 18.2 Å². The molecule has 0 bridgehead atoms. The fourth-order valence-electron chi connectivity index (χ4n) is 2.34. The average molecular weight is 297 g/mol. The van der Waals surface area contributed by atoms with Gasteiger partial charge in [0.1, 0.15) is 5.82 Å². The number of rotatable bonds is 5. The van der Waals surface area contributed by atoms with Crippen molar-refractivity contribution in [3.8, 4) is 0 Å². The van der Waals surface area contributed by atoms with Gasteiger partial charge in [-0.3, -0.25) is 4.79 Å². The summed E-state index contributed by atoms with van der Waals surface area (Å²) in [5, 5.41) is 2.88. The molecular formula is C17H16FN3O. The Balaban J connectivity index is 1.50. The molecule has 1 heterocycles. The molecule has 0 unspecified atom stereocenters. The summed E-state index contributed by atoms with van der Waals surface area (Å²) in [6.45, 7) is 0.538. The number of carbonyl (C=O) groups excluding carboxylic acids is 1. The molecule has 3 rings (SSSR count). The number of hydrogen-bond acceptors (Lipinski definition) is 2. The van der Waals surface area contributed by atoms with E-state index in [1.807, 2.05) is 18.2 Å². The normalized spacial score (nSPS) is 10.8. The second-order valence-electron chi connectivity index (χ2n) is 5.16. The molecule has 0 saturated heterocycles. The molecule has 0 atom stereocenters. The number of benzene rings is 2. The number of imidazole rings is 1. The molecule has 112 valence electrons. The van der Waals surface area contributed by atoms with Crippen molar-refractivity contribution >= 4 is 16.9 Å². The van der Waals surface area contributed by atoms with Crippen LogP contribution >= 0.6 is 0 Å². The second kappa shape index (κ2) is 6.39. The molecule has 0 aliphatic carbocycles. The van der Waals surface area contributed by atoms with Gasteiger partial charge < -0.3 is 10.3 Å². The zero-order chi connectivity index (χ0) is 15.4. The topological polar surface area (TPSA) is 57.8 Å². The lowest BCUT2D eigenvalue weighted by Gasteiger charge is -2.06. The number of amides is 1. The maximum absolute atomic E-state index is 12.8. The summed E-state index contributed by atoms with van der Waals surface area (Å²) in [4.78, 5) is 19.1. The lowest BCUT2D eigenvalue weighted by Crippen LogP contribution is -2.27. The molecule has 5 heteroatoms. The van der Waals surface area contributed by atoms with Gasteiger partial charge in [-0.15, -0.1) is 0 Å². The summed E-state index contributed by atoms with van der Waals surface area (Å²) >= 11 is 0. The minimum atomic E-state index is -0.248. The van der Waals surface area contributed by atoms with Crippen molar-refractivity contribution in [1.29, 1.82) is 0 Å². The van der Waals surface area contributed by atoms with E-state index in [1.54, 1.807) is 18.5 Å². The van der Waals surface area contributed by atoms with Gasteiger partial charge in [0.15, 0.2) is 0 Å². The first-order valence-electron chi connectivity index (χ1n) is 7.14. The van der Waals surface area contributed by atoms with Crippen molar-refractivity contribution in [1.82, 2.24) is 15.3 Å². The number of nitrogens with one attached hydrogen (secondary N) is 2. The van der Waals surface area contributed by atoms with Crippen molar-refractivity contribution < 1.29 is 9.18 Å². The summed E-state index contributed by atoms with van der Waals surface area (Å²) < 4.78 is 12.8. The van der Waals surface area contributed by atoms with Crippen molar-refractivity contribution in [2.45, 2.75) is 12.8 Å². The smallest absolute Gasteiger partial charge is 0.224 e. The number of H-pyrrole nitrogens is 1. The van der Waals surface area contributed by atoms with Gasteiger partial charge in [-0.05, 0) is 41.8 Å². The van der Waals surface area contributed by atoms with Crippen molar-refractivity contribution in [3.63, 3.8) is 0 Å². The molecule has 2 aromatic carbocycles. The average Bonchev–Trinajstić information content (AvgIpc) is 2.97. The van der Waals surface area contributed by atoms with Crippen LogP contribution in [0.25, 0.3) is 11.0 Å². The summed E-state index contributed by atoms with van der Waals surface area (Å²) in [5.41, 5.74) is 3.76. The molecule has 22 heavy (non-hydrogen) atoms. The van der Waals surface area contributed by atoms with E-state index in [1.165, 1.54) is 12.1 Å². The van der Waals surface area contributed by atoms with Crippen LogP contribution in [0.4, 0.5) is 4.39 Å². The number of aromatic nitrogens is 2. The predicted molar refractivity (Wildman–Crippen MR) is 82.9 cm³/mol. The zero-order valence-electron chi connectivity index (χ0n) is 12.0. The second-order valence-corrected chi connectivity index (χ2v) is 5.16. The Morgan fingerprint density at radius 3 is 2.73 bits per heavy atom. The molecule has 0 saturated carbocycles. The van der Waals surface area contributed by atoms with E-state index in [9.17, 15) is 9.18 Å². The van der Waals surface area contributed by atoms with E-state index >= 15 is 0 Å². The Labute approximate surface area is 127 Å². The molecule has 0 aliphatic heterocycles. The Bertz CT molecular complexity index is 780. The van der Waals surface area contributed by atoms with Crippen LogP contribution in [-0.2, 0) is 17.6 Å². The first-order chi connectivity index (χ1) is 10.7. The standard InChI is InChI=1S/C17H16FN3O/c18-14-4-1-12(2-5-14)7-8-19-17(22)10-13-3-6-15-16(9-13)21-11-20-15/h1-6,9,11H,7-8,10H2,(H,19,22)(H,20,21). The maximum Gasteiger partial charge on any atom is 0.224 e. The Morgan fingerprint density at radius 1 is 1.14 bits per heavy atom. The third kappa shape index (κ3) is 3.49. The summed E-state index contributed by atoms with van der Waals surface area (Å²) in [6, 6.07) is 12.0. The quantitative estimate of drug-likeness (QED) is 0.760. The van der Waals surface area contributed by atoms with Gasteiger partial charge in [0.2, 0.25) is 5.91 Å². The minimum absolute atomic E-state index is 0.0269. The van der Waals surface area contributed by atoms with Gasteiger partial charge in [-0.25, -0.2) is 9.37 Å². The summed E-state index contributed by atoms with van der Waals surface area (Å²) in [5.74, 6) is -0.275. The van der Waals surface area contributed by atoms with Gasteiger partial charge in [0.25, 0.3) is 0 Å². The molecule has 0 radical (unpaired) electrons. The maximum atomic E-state index is 12.8. The van der Waals surface area contributed by atoms with Crippen molar-refractivity contribution in [2.75, 3.05) is 6.54 Å². The Kier molecular flexibility index (Phi) is 4.14. The number of halogens is 1. The summed E-state index contributed by atoms with van der Waals surface area (Å²) in [6.07, 6.45) is 2.65. The number of nitrogens with zero attached hydrogens (tertiary/aromatic N) is 1. The molecule has 2 N–H and O–H groups in total. The van der Waals surface area contributed by atoms with Crippen LogP contribution in [0, 0.1) is 5.82 Å². The Hall–Kier alpha value is -2.69. The zero-order valence-corrected chi connectivity index (χ0v) is 12.0. The number of carbonyl (C=O) groups is 1. The SMILES string of the molecule is O=C(Cc1ccc2nc[nH]c2c1)NCCc1ccc(F)cc1. The fraction of sp³-hybridized carbons (Fsp3) is 0.176. The highest BCUT2D eigenvalue weighted by molar-refractivity contribution is 5.81. The van der Waals surface area contributed by atoms with Crippen molar-refractivity contribution in [3.05, 3.63) is 65.7 Å². The minimum Gasteiger partial charge on any atom is -0.355 e. The molecule has 1 aromatic heterocycles. The molecule has 3 aromatic rings. The number of fused-ring (bicyclic) bond motifs is 1. The third-order valence-corrected chi connectivity index (χ3v) is 3.50. The van der Waals surface area contributed by atoms with E-state index in [0.717, 1.165) is 22.2 Å². The van der Waals surface area contributed by atoms with Crippen LogP contribution in [0.5, 0.6) is 0 Å². The van der Waals surface area contributed by atoms with Crippen LogP contribution in [0.2, 0.25) is 0 Å². The van der Waals surface area contributed by atoms with Gasteiger partial charge in [-0.2, -0.15) is 0 Å². The molecule has 4 nitrogen and oxygen atoms in total. The Morgan fingerprint density at radius 2 is 1.91 bits per heavy atom.